The third-order valence-corrected chi connectivity index (χ3v) is 3.77. The van der Waals surface area contributed by atoms with Crippen molar-refractivity contribution in [2.24, 2.45) is 0 Å². The molecule has 0 heterocycles. The van der Waals surface area contributed by atoms with E-state index in [-0.39, 0.29) is 0 Å². The van der Waals surface area contributed by atoms with Crippen LogP contribution in [0, 0.1) is 11.3 Å². The lowest BCUT2D eigenvalue weighted by Crippen LogP contribution is -2.42. The second-order valence-electron chi connectivity index (χ2n) is 4.61. The highest BCUT2D eigenvalue weighted by Crippen LogP contribution is 2.47. The standard InChI is InChI=1S/C14H15NO4/c1-18-11-7-10(6-9(8-15)12(11)19-2)14(13(16)17)4-3-5-14/h6-7H,3-5H2,1-2H3,(H,16,17). The second kappa shape index (κ2) is 4.81. The quantitative estimate of drug-likeness (QED) is 0.897. The van der Waals surface area contributed by atoms with Gasteiger partial charge in [-0.05, 0) is 30.5 Å². The van der Waals surface area contributed by atoms with Gasteiger partial charge in [0.15, 0.2) is 11.5 Å². The van der Waals surface area contributed by atoms with E-state index < -0.39 is 11.4 Å². The van der Waals surface area contributed by atoms with Crippen LogP contribution in [0.3, 0.4) is 0 Å². The van der Waals surface area contributed by atoms with E-state index in [1.807, 2.05) is 6.07 Å². The molecule has 1 aliphatic rings. The van der Waals surface area contributed by atoms with Crippen LogP contribution in [0.5, 0.6) is 11.5 Å². The first-order chi connectivity index (χ1) is 9.08. The molecule has 0 unspecified atom stereocenters. The molecule has 0 aliphatic heterocycles. The highest BCUT2D eigenvalue weighted by molar-refractivity contribution is 5.83. The molecule has 1 aliphatic carbocycles. The Hall–Kier alpha value is -2.22. The molecular formula is C14H15NO4. The summed E-state index contributed by atoms with van der Waals surface area (Å²) in [7, 11) is 2.92. The molecule has 2 rings (SSSR count). The Morgan fingerprint density at radius 1 is 1.37 bits per heavy atom. The molecule has 5 nitrogen and oxygen atoms in total. The maximum Gasteiger partial charge on any atom is 0.314 e. The summed E-state index contributed by atoms with van der Waals surface area (Å²) in [5.41, 5.74) is 0.0235. The fourth-order valence-corrected chi connectivity index (χ4v) is 2.48. The fourth-order valence-electron chi connectivity index (χ4n) is 2.48. The number of carbonyl (C=O) groups is 1. The Morgan fingerprint density at radius 2 is 2.05 bits per heavy atom. The minimum Gasteiger partial charge on any atom is -0.493 e. The maximum absolute atomic E-state index is 11.5. The molecule has 0 spiro atoms. The summed E-state index contributed by atoms with van der Waals surface area (Å²) in [6.07, 6.45) is 2.05. The van der Waals surface area contributed by atoms with Crippen molar-refractivity contribution in [3.63, 3.8) is 0 Å². The Morgan fingerprint density at radius 3 is 2.42 bits per heavy atom. The van der Waals surface area contributed by atoms with Gasteiger partial charge in [-0.1, -0.05) is 6.42 Å². The fraction of sp³-hybridized carbons (Fsp3) is 0.429. The van der Waals surface area contributed by atoms with Crippen molar-refractivity contribution in [3.8, 4) is 17.6 Å². The minimum atomic E-state index is -0.884. The number of ether oxygens (including phenoxy) is 2. The number of hydrogen-bond acceptors (Lipinski definition) is 4. The van der Waals surface area contributed by atoms with Crippen LogP contribution in [0.1, 0.15) is 30.4 Å². The van der Waals surface area contributed by atoms with Crippen LogP contribution < -0.4 is 9.47 Å². The lowest BCUT2D eigenvalue weighted by molar-refractivity contribution is -0.147. The van der Waals surface area contributed by atoms with E-state index in [1.54, 1.807) is 12.1 Å². The molecule has 0 aromatic heterocycles. The van der Waals surface area contributed by atoms with E-state index in [4.69, 9.17) is 14.7 Å². The highest BCUT2D eigenvalue weighted by Gasteiger charge is 2.46. The minimum absolute atomic E-state index is 0.296. The van der Waals surface area contributed by atoms with Gasteiger partial charge in [-0.25, -0.2) is 0 Å². The Bertz CT molecular complexity index is 555. The molecule has 19 heavy (non-hydrogen) atoms. The zero-order chi connectivity index (χ0) is 14.0. The Kier molecular flexibility index (Phi) is 3.34. The monoisotopic (exact) mass is 261 g/mol. The van der Waals surface area contributed by atoms with Crippen molar-refractivity contribution in [1.29, 1.82) is 5.26 Å². The number of carboxylic acids is 1. The van der Waals surface area contributed by atoms with Crippen LogP contribution in [0.15, 0.2) is 12.1 Å². The predicted octanol–water partition coefficient (Wildman–Crippen LogP) is 2.08. The molecule has 1 fully saturated rings. The summed E-state index contributed by atoms with van der Waals surface area (Å²) in [5, 5.41) is 18.6. The van der Waals surface area contributed by atoms with E-state index >= 15 is 0 Å². The van der Waals surface area contributed by atoms with Crippen molar-refractivity contribution in [2.45, 2.75) is 24.7 Å². The van der Waals surface area contributed by atoms with E-state index in [0.717, 1.165) is 6.42 Å². The second-order valence-corrected chi connectivity index (χ2v) is 4.61. The SMILES string of the molecule is COc1cc(C2(C(=O)O)CCC2)cc(C#N)c1OC. The van der Waals surface area contributed by atoms with Gasteiger partial charge >= 0.3 is 5.97 Å². The largest absolute Gasteiger partial charge is 0.493 e. The third-order valence-electron chi connectivity index (χ3n) is 3.77. The average Bonchev–Trinajstić information content (AvgIpc) is 2.35. The van der Waals surface area contributed by atoms with Gasteiger partial charge in [0.2, 0.25) is 0 Å². The Balaban J connectivity index is 2.60. The highest BCUT2D eigenvalue weighted by atomic mass is 16.5. The summed E-state index contributed by atoms with van der Waals surface area (Å²) < 4.78 is 10.3. The lowest BCUT2D eigenvalue weighted by Gasteiger charge is -2.38. The maximum atomic E-state index is 11.5. The molecular weight excluding hydrogens is 246 g/mol. The molecule has 1 N–H and O–H groups in total. The smallest absolute Gasteiger partial charge is 0.314 e. The third kappa shape index (κ3) is 1.89. The van der Waals surface area contributed by atoms with Crippen molar-refractivity contribution in [2.75, 3.05) is 14.2 Å². The molecule has 1 saturated carbocycles. The summed E-state index contributed by atoms with van der Waals surface area (Å²) in [4.78, 5) is 11.5. The number of methoxy groups -OCH3 is 2. The van der Waals surface area contributed by atoms with Gasteiger partial charge < -0.3 is 14.6 Å². The van der Waals surface area contributed by atoms with Crippen molar-refractivity contribution in [1.82, 2.24) is 0 Å². The number of nitrogens with zero attached hydrogens (tertiary/aromatic N) is 1. The molecule has 0 radical (unpaired) electrons. The predicted molar refractivity (Wildman–Crippen MR) is 67.4 cm³/mol. The number of nitriles is 1. The normalized spacial score (nSPS) is 16.1. The van der Waals surface area contributed by atoms with Gasteiger partial charge in [0.1, 0.15) is 6.07 Å². The Labute approximate surface area is 111 Å². The van der Waals surface area contributed by atoms with Crippen LogP contribution >= 0.6 is 0 Å². The van der Waals surface area contributed by atoms with Crippen LogP contribution in [0.2, 0.25) is 0 Å². The molecule has 5 heteroatoms. The zero-order valence-corrected chi connectivity index (χ0v) is 10.9. The summed E-state index contributed by atoms with van der Waals surface area (Å²) in [6.45, 7) is 0. The molecule has 0 atom stereocenters. The first-order valence-electron chi connectivity index (χ1n) is 5.99. The van der Waals surface area contributed by atoms with E-state index in [9.17, 15) is 9.90 Å². The lowest BCUT2D eigenvalue weighted by atomic mass is 9.64. The summed E-state index contributed by atoms with van der Waals surface area (Å²) >= 11 is 0. The van der Waals surface area contributed by atoms with Crippen LogP contribution in [-0.2, 0) is 10.2 Å². The number of aliphatic carboxylic acids is 1. The van der Waals surface area contributed by atoms with Gasteiger partial charge in [0.25, 0.3) is 0 Å². The van der Waals surface area contributed by atoms with Gasteiger partial charge in [0, 0.05) is 0 Å². The number of hydrogen-bond donors (Lipinski definition) is 1. The molecule has 0 amide bonds. The zero-order valence-electron chi connectivity index (χ0n) is 10.9. The molecule has 100 valence electrons. The summed E-state index contributed by atoms with van der Waals surface area (Å²) in [5.74, 6) is -0.118. The summed E-state index contributed by atoms with van der Waals surface area (Å²) in [6, 6.07) is 5.27. The number of carboxylic acid groups (broad SMARTS) is 1. The average molecular weight is 261 g/mol. The van der Waals surface area contributed by atoms with E-state index in [2.05, 4.69) is 0 Å². The molecule has 0 bridgehead atoms. The van der Waals surface area contributed by atoms with E-state index in [0.29, 0.717) is 35.5 Å². The number of rotatable bonds is 4. The first kappa shape index (κ1) is 13.2. The van der Waals surface area contributed by atoms with Crippen LogP contribution in [-0.4, -0.2) is 25.3 Å². The molecule has 1 aromatic carbocycles. The van der Waals surface area contributed by atoms with Gasteiger partial charge in [0.05, 0.1) is 25.2 Å². The van der Waals surface area contributed by atoms with Crippen LogP contribution in [0.25, 0.3) is 0 Å². The van der Waals surface area contributed by atoms with Gasteiger partial charge in [-0.2, -0.15) is 5.26 Å². The molecule has 1 aromatic rings. The number of benzene rings is 1. The van der Waals surface area contributed by atoms with Gasteiger partial charge in [-0.3, -0.25) is 4.79 Å². The van der Waals surface area contributed by atoms with E-state index in [1.165, 1.54) is 14.2 Å². The van der Waals surface area contributed by atoms with Crippen LogP contribution in [0.4, 0.5) is 0 Å². The van der Waals surface area contributed by atoms with Crippen molar-refractivity contribution >= 4 is 5.97 Å². The van der Waals surface area contributed by atoms with Crippen molar-refractivity contribution in [3.05, 3.63) is 23.3 Å². The van der Waals surface area contributed by atoms with Gasteiger partial charge in [-0.15, -0.1) is 0 Å². The topological polar surface area (TPSA) is 79.5 Å². The molecule has 0 saturated heterocycles. The van der Waals surface area contributed by atoms with Crippen molar-refractivity contribution < 1.29 is 19.4 Å². The first-order valence-corrected chi connectivity index (χ1v) is 5.99.